The normalized spacial score (nSPS) is 14.5. The predicted octanol–water partition coefficient (Wildman–Crippen LogP) is 2.97. The van der Waals surface area contributed by atoms with Crippen LogP contribution in [0.1, 0.15) is 24.3 Å². The molecule has 0 spiro atoms. The number of nitrogens with two attached hydrogens (primary N) is 1. The van der Waals surface area contributed by atoms with Gasteiger partial charge in [-0.1, -0.05) is 6.92 Å². The molecule has 1 aromatic heterocycles. The molecule has 2 atom stereocenters. The third-order valence-corrected chi connectivity index (χ3v) is 4.38. The minimum Gasteiger partial charge on any atom is -0.382 e. The average Bonchev–Trinajstić information content (AvgIpc) is 2.83. The summed E-state index contributed by atoms with van der Waals surface area (Å²) in [5.74, 6) is 0. The SMILES string of the molecule is CCC(N)C(OCCOCCOC)c1ccc(Br)s1. The number of rotatable bonds is 10. The molecule has 0 saturated heterocycles. The van der Waals surface area contributed by atoms with E-state index < -0.39 is 0 Å². The van der Waals surface area contributed by atoms with Crippen LogP contribution >= 0.6 is 27.3 Å². The molecule has 19 heavy (non-hydrogen) atoms. The molecule has 0 aromatic carbocycles. The van der Waals surface area contributed by atoms with Gasteiger partial charge in [0.15, 0.2) is 0 Å². The number of methoxy groups -OCH3 is 1. The van der Waals surface area contributed by atoms with Gasteiger partial charge in [0.25, 0.3) is 0 Å². The quantitative estimate of drug-likeness (QED) is 0.658. The van der Waals surface area contributed by atoms with E-state index in [4.69, 9.17) is 19.9 Å². The van der Waals surface area contributed by atoms with E-state index in [1.165, 1.54) is 0 Å². The smallest absolute Gasteiger partial charge is 0.107 e. The number of thiophene rings is 1. The fourth-order valence-corrected chi connectivity index (χ4v) is 3.14. The first kappa shape index (κ1) is 17.1. The first-order chi connectivity index (χ1) is 9.19. The Morgan fingerprint density at radius 2 is 2.00 bits per heavy atom. The van der Waals surface area contributed by atoms with E-state index in [1.807, 2.05) is 6.07 Å². The Balaban J connectivity index is 2.39. The lowest BCUT2D eigenvalue weighted by molar-refractivity contribution is -0.0152. The van der Waals surface area contributed by atoms with E-state index in [0.29, 0.717) is 26.4 Å². The molecule has 0 saturated carbocycles. The summed E-state index contributed by atoms with van der Waals surface area (Å²) >= 11 is 5.13. The third kappa shape index (κ3) is 6.33. The van der Waals surface area contributed by atoms with Crippen LogP contribution in [0.25, 0.3) is 0 Å². The van der Waals surface area contributed by atoms with Gasteiger partial charge in [0.1, 0.15) is 6.10 Å². The van der Waals surface area contributed by atoms with Gasteiger partial charge in [-0.15, -0.1) is 11.3 Å². The molecule has 0 aliphatic heterocycles. The van der Waals surface area contributed by atoms with E-state index in [9.17, 15) is 0 Å². The molecule has 0 radical (unpaired) electrons. The highest BCUT2D eigenvalue weighted by Gasteiger charge is 2.20. The lowest BCUT2D eigenvalue weighted by Gasteiger charge is -2.22. The van der Waals surface area contributed by atoms with Gasteiger partial charge in [0, 0.05) is 18.0 Å². The molecule has 0 amide bonds. The van der Waals surface area contributed by atoms with Gasteiger partial charge < -0.3 is 19.9 Å². The Hall–Kier alpha value is 0.0200. The standard InChI is InChI=1S/C13H22BrNO3S/c1-3-10(15)13(11-4-5-12(14)19-11)18-9-8-17-7-6-16-2/h4-5,10,13H,3,6-9,15H2,1-2H3. The summed E-state index contributed by atoms with van der Waals surface area (Å²) in [6.45, 7) is 4.36. The maximum Gasteiger partial charge on any atom is 0.107 e. The summed E-state index contributed by atoms with van der Waals surface area (Å²) in [5.41, 5.74) is 6.13. The van der Waals surface area contributed by atoms with Crippen molar-refractivity contribution in [1.29, 1.82) is 0 Å². The van der Waals surface area contributed by atoms with Gasteiger partial charge in [-0.2, -0.15) is 0 Å². The minimum atomic E-state index is -0.0627. The molecule has 0 aliphatic carbocycles. The summed E-state index contributed by atoms with van der Waals surface area (Å²) in [6, 6.07) is 4.08. The van der Waals surface area contributed by atoms with Crippen LogP contribution in [0.5, 0.6) is 0 Å². The summed E-state index contributed by atoms with van der Waals surface area (Å²) in [6.07, 6.45) is 0.817. The molecule has 2 unspecified atom stereocenters. The second-order valence-electron chi connectivity index (χ2n) is 4.11. The van der Waals surface area contributed by atoms with Crippen molar-refractivity contribution in [2.24, 2.45) is 5.73 Å². The number of ether oxygens (including phenoxy) is 3. The van der Waals surface area contributed by atoms with Gasteiger partial charge in [-0.25, -0.2) is 0 Å². The van der Waals surface area contributed by atoms with Gasteiger partial charge in [0.05, 0.1) is 30.2 Å². The molecule has 1 aromatic rings. The molecular weight excluding hydrogens is 330 g/mol. The Morgan fingerprint density at radius 1 is 1.26 bits per heavy atom. The molecule has 0 aliphatic rings. The van der Waals surface area contributed by atoms with E-state index in [1.54, 1.807) is 18.4 Å². The minimum absolute atomic E-state index is 0.00419. The van der Waals surface area contributed by atoms with Crippen LogP contribution in [0.3, 0.4) is 0 Å². The number of hydrogen-bond acceptors (Lipinski definition) is 5. The second kappa shape index (κ2) is 9.85. The van der Waals surface area contributed by atoms with Gasteiger partial charge in [-0.3, -0.25) is 0 Å². The molecule has 1 heterocycles. The monoisotopic (exact) mass is 351 g/mol. The Kier molecular flexibility index (Phi) is 8.85. The van der Waals surface area contributed by atoms with Crippen molar-refractivity contribution in [1.82, 2.24) is 0 Å². The maximum atomic E-state index is 6.13. The van der Waals surface area contributed by atoms with Crippen molar-refractivity contribution in [3.63, 3.8) is 0 Å². The molecule has 0 bridgehead atoms. The fraction of sp³-hybridized carbons (Fsp3) is 0.692. The summed E-state index contributed by atoms with van der Waals surface area (Å²) in [7, 11) is 1.66. The highest BCUT2D eigenvalue weighted by molar-refractivity contribution is 9.11. The van der Waals surface area contributed by atoms with Crippen LogP contribution in [0.2, 0.25) is 0 Å². The Bertz CT molecular complexity index is 348. The predicted molar refractivity (Wildman–Crippen MR) is 81.7 cm³/mol. The third-order valence-electron chi connectivity index (χ3n) is 2.69. The van der Waals surface area contributed by atoms with Gasteiger partial charge in [0.2, 0.25) is 0 Å². The van der Waals surface area contributed by atoms with Crippen molar-refractivity contribution in [2.75, 3.05) is 33.5 Å². The molecule has 0 fully saturated rings. The summed E-state index contributed by atoms with van der Waals surface area (Å²) in [5, 5.41) is 0. The lowest BCUT2D eigenvalue weighted by atomic mass is 10.1. The lowest BCUT2D eigenvalue weighted by Crippen LogP contribution is -2.30. The van der Waals surface area contributed by atoms with Crippen molar-refractivity contribution < 1.29 is 14.2 Å². The Labute approximate surface area is 127 Å². The second-order valence-corrected chi connectivity index (χ2v) is 6.61. The van der Waals surface area contributed by atoms with E-state index in [2.05, 4.69) is 28.9 Å². The highest BCUT2D eigenvalue weighted by atomic mass is 79.9. The molecular formula is C13H22BrNO3S. The molecule has 4 nitrogen and oxygen atoms in total. The first-order valence-corrected chi connectivity index (χ1v) is 7.99. The summed E-state index contributed by atoms with van der Waals surface area (Å²) in [4.78, 5) is 1.15. The zero-order valence-electron chi connectivity index (χ0n) is 11.4. The molecule has 1 rings (SSSR count). The molecule has 6 heteroatoms. The average molecular weight is 352 g/mol. The summed E-state index contributed by atoms with van der Waals surface area (Å²) < 4.78 is 17.3. The molecule has 110 valence electrons. The first-order valence-electron chi connectivity index (χ1n) is 6.38. The highest BCUT2D eigenvalue weighted by Crippen LogP contribution is 2.31. The van der Waals surface area contributed by atoms with E-state index >= 15 is 0 Å². The van der Waals surface area contributed by atoms with Crippen LogP contribution in [0, 0.1) is 0 Å². The maximum absolute atomic E-state index is 6.13. The van der Waals surface area contributed by atoms with Crippen molar-refractivity contribution in [3.8, 4) is 0 Å². The molecule has 2 N–H and O–H groups in total. The van der Waals surface area contributed by atoms with Crippen molar-refractivity contribution >= 4 is 27.3 Å². The van der Waals surface area contributed by atoms with Crippen molar-refractivity contribution in [2.45, 2.75) is 25.5 Å². The van der Waals surface area contributed by atoms with Crippen LogP contribution in [-0.4, -0.2) is 39.6 Å². The zero-order chi connectivity index (χ0) is 14.1. The largest absolute Gasteiger partial charge is 0.382 e. The Morgan fingerprint density at radius 3 is 2.58 bits per heavy atom. The van der Waals surface area contributed by atoms with Crippen LogP contribution in [-0.2, 0) is 14.2 Å². The zero-order valence-corrected chi connectivity index (χ0v) is 13.8. The van der Waals surface area contributed by atoms with Crippen LogP contribution < -0.4 is 5.73 Å². The van der Waals surface area contributed by atoms with Gasteiger partial charge >= 0.3 is 0 Å². The van der Waals surface area contributed by atoms with Crippen LogP contribution in [0.4, 0.5) is 0 Å². The topological polar surface area (TPSA) is 53.7 Å². The van der Waals surface area contributed by atoms with Crippen LogP contribution in [0.15, 0.2) is 15.9 Å². The number of hydrogen-bond donors (Lipinski definition) is 1. The van der Waals surface area contributed by atoms with Gasteiger partial charge in [-0.05, 0) is 34.5 Å². The fourth-order valence-electron chi connectivity index (χ4n) is 1.59. The number of halogens is 1. The van der Waals surface area contributed by atoms with E-state index in [-0.39, 0.29) is 12.1 Å². The van der Waals surface area contributed by atoms with E-state index in [0.717, 1.165) is 15.1 Å². The van der Waals surface area contributed by atoms with Crippen molar-refractivity contribution in [3.05, 3.63) is 20.8 Å².